The summed E-state index contributed by atoms with van der Waals surface area (Å²) < 4.78 is 1.69. The van der Waals surface area contributed by atoms with E-state index in [0.717, 1.165) is 13.0 Å². The van der Waals surface area contributed by atoms with Crippen molar-refractivity contribution in [3.05, 3.63) is 12.2 Å². The van der Waals surface area contributed by atoms with Gasteiger partial charge in [0.1, 0.15) is 6.33 Å². The normalized spacial score (nSPS) is 12.4. The minimum atomic E-state index is -0.0618. The zero-order valence-corrected chi connectivity index (χ0v) is 8.38. The van der Waals surface area contributed by atoms with Crippen LogP contribution in [0.2, 0.25) is 0 Å². The molecule has 0 aromatic carbocycles. The van der Waals surface area contributed by atoms with Crippen LogP contribution in [-0.4, -0.2) is 25.8 Å². The van der Waals surface area contributed by atoms with E-state index in [0.29, 0.717) is 5.92 Å². The Bertz CT molecular complexity index is 317. The van der Waals surface area contributed by atoms with Gasteiger partial charge in [-0.1, -0.05) is 19.0 Å². The van der Waals surface area contributed by atoms with Crippen molar-refractivity contribution in [3.63, 3.8) is 0 Å². The summed E-state index contributed by atoms with van der Waals surface area (Å²) >= 11 is 0. The van der Waals surface area contributed by atoms with Gasteiger partial charge in [0.2, 0.25) is 11.7 Å². The first-order valence-corrected chi connectivity index (χ1v) is 4.51. The first kappa shape index (κ1) is 10.5. The molecule has 0 bridgehead atoms. The fraction of sp³-hybridized carbons (Fsp3) is 0.625. The van der Waals surface area contributed by atoms with Gasteiger partial charge >= 0.3 is 0 Å². The molecule has 0 aliphatic rings. The second kappa shape index (κ2) is 4.59. The zero-order chi connectivity index (χ0) is 10.6. The first-order valence-electron chi connectivity index (χ1n) is 4.51. The molecule has 6 nitrogen and oxygen atoms in total. The van der Waals surface area contributed by atoms with E-state index in [1.54, 1.807) is 11.0 Å². The molecule has 6 heteroatoms. The smallest absolute Gasteiger partial charge is 0.219 e. The summed E-state index contributed by atoms with van der Waals surface area (Å²) in [6.45, 7) is 5.08. The average molecular weight is 197 g/mol. The van der Waals surface area contributed by atoms with Crippen molar-refractivity contribution < 1.29 is 5.21 Å². The van der Waals surface area contributed by atoms with E-state index >= 15 is 0 Å². The zero-order valence-electron chi connectivity index (χ0n) is 8.38. The summed E-state index contributed by atoms with van der Waals surface area (Å²) in [6.07, 6.45) is 2.61. The van der Waals surface area contributed by atoms with Gasteiger partial charge in [0.05, 0.1) is 0 Å². The third kappa shape index (κ3) is 2.72. The predicted octanol–water partition coefficient (Wildman–Crippen LogP) is 0.419. The highest BCUT2D eigenvalue weighted by atomic mass is 16.4. The Kier molecular flexibility index (Phi) is 3.44. The first-order chi connectivity index (χ1) is 6.63. The van der Waals surface area contributed by atoms with Crippen LogP contribution in [0.5, 0.6) is 0 Å². The van der Waals surface area contributed by atoms with Crippen LogP contribution in [0.25, 0.3) is 0 Å². The maximum Gasteiger partial charge on any atom is 0.219 e. The Morgan fingerprint density at radius 1 is 1.71 bits per heavy atom. The van der Waals surface area contributed by atoms with Crippen LogP contribution >= 0.6 is 0 Å². The quantitative estimate of drug-likeness (QED) is 0.317. The molecule has 0 unspecified atom stereocenters. The van der Waals surface area contributed by atoms with Gasteiger partial charge in [-0.05, 0) is 12.3 Å². The van der Waals surface area contributed by atoms with Crippen molar-refractivity contribution >= 4 is 5.84 Å². The molecule has 0 amide bonds. The number of nitrogens with zero attached hydrogens (tertiary/aromatic N) is 4. The molecule has 0 saturated heterocycles. The van der Waals surface area contributed by atoms with Crippen LogP contribution in [0.4, 0.5) is 0 Å². The van der Waals surface area contributed by atoms with Gasteiger partial charge in [0.25, 0.3) is 0 Å². The molecule has 1 rings (SSSR count). The topological polar surface area (TPSA) is 89.3 Å². The number of nitrogens with two attached hydrogens (primary N) is 1. The number of aromatic nitrogens is 3. The Balaban J connectivity index is 2.60. The van der Waals surface area contributed by atoms with E-state index in [1.165, 1.54) is 0 Å². The lowest BCUT2D eigenvalue weighted by Crippen LogP contribution is -2.15. The van der Waals surface area contributed by atoms with Crippen molar-refractivity contribution in [1.82, 2.24) is 14.8 Å². The molecule has 3 N–H and O–H groups in total. The standard InChI is InChI=1S/C8H15N5O/c1-6(2)3-4-13-5-10-8(11-13)7(9)12-14/h5-6,14H,3-4H2,1-2H3,(H2,9,12). The maximum atomic E-state index is 8.39. The third-order valence-electron chi connectivity index (χ3n) is 1.81. The summed E-state index contributed by atoms with van der Waals surface area (Å²) in [7, 11) is 0. The van der Waals surface area contributed by atoms with E-state index in [4.69, 9.17) is 10.9 Å². The van der Waals surface area contributed by atoms with Crippen LogP contribution < -0.4 is 5.73 Å². The van der Waals surface area contributed by atoms with Crippen molar-refractivity contribution in [1.29, 1.82) is 0 Å². The fourth-order valence-corrected chi connectivity index (χ4v) is 0.955. The van der Waals surface area contributed by atoms with Gasteiger partial charge in [-0.3, -0.25) is 4.68 Å². The van der Waals surface area contributed by atoms with Gasteiger partial charge in [-0.15, -0.1) is 5.10 Å². The lowest BCUT2D eigenvalue weighted by Gasteiger charge is -2.02. The molecule has 0 atom stereocenters. The molecule has 14 heavy (non-hydrogen) atoms. The van der Waals surface area contributed by atoms with Crippen LogP contribution in [-0.2, 0) is 6.54 Å². The Labute approximate surface area is 82.4 Å². The molecule has 0 aliphatic carbocycles. The molecule has 0 radical (unpaired) electrons. The van der Waals surface area contributed by atoms with E-state index in [-0.39, 0.29) is 11.7 Å². The Hall–Kier alpha value is -1.59. The number of hydrogen-bond donors (Lipinski definition) is 2. The fourth-order valence-electron chi connectivity index (χ4n) is 0.955. The second-order valence-corrected chi connectivity index (χ2v) is 3.50. The van der Waals surface area contributed by atoms with Crippen molar-refractivity contribution in [3.8, 4) is 0 Å². The van der Waals surface area contributed by atoms with E-state index in [1.807, 2.05) is 0 Å². The summed E-state index contributed by atoms with van der Waals surface area (Å²) in [4.78, 5) is 3.90. The van der Waals surface area contributed by atoms with Crippen LogP contribution in [0.1, 0.15) is 26.1 Å². The lowest BCUT2D eigenvalue weighted by molar-refractivity contribution is 0.318. The van der Waals surface area contributed by atoms with Gasteiger partial charge in [0.15, 0.2) is 0 Å². The molecule has 1 heterocycles. The van der Waals surface area contributed by atoms with Gasteiger partial charge in [0, 0.05) is 6.54 Å². The molecule has 1 aromatic rings. The van der Waals surface area contributed by atoms with E-state index in [2.05, 4.69) is 29.1 Å². The second-order valence-electron chi connectivity index (χ2n) is 3.50. The molecule has 0 spiro atoms. The monoisotopic (exact) mass is 197 g/mol. The SMILES string of the molecule is CC(C)CCn1cnc(C(N)=NO)n1. The third-order valence-corrected chi connectivity index (χ3v) is 1.81. The summed E-state index contributed by atoms with van der Waals surface area (Å²) in [5.41, 5.74) is 5.33. The molecule has 1 aromatic heterocycles. The molecule has 0 aliphatic heterocycles. The van der Waals surface area contributed by atoms with Gasteiger partial charge in [-0.2, -0.15) is 0 Å². The summed E-state index contributed by atoms with van der Waals surface area (Å²) in [6, 6.07) is 0. The lowest BCUT2D eigenvalue weighted by atomic mass is 10.1. The van der Waals surface area contributed by atoms with Crippen LogP contribution in [0, 0.1) is 5.92 Å². The van der Waals surface area contributed by atoms with Gasteiger partial charge in [-0.25, -0.2) is 4.98 Å². The summed E-state index contributed by atoms with van der Waals surface area (Å²) in [5.74, 6) is 0.816. The van der Waals surface area contributed by atoms with Gasteiger partial charge < -0.3 is 10.9 Å². The number of oxime groups is 1. The molecule has 78 valence electrons. The Morgan fingerprint density at radius 3 is 3.00 bits per heavy atom. The predicted molar refractivity (Wildman–Crippen MR) is 52.0 cm³/mol. The van der Waals surface area contributed by atoms with Crippen LogP contribution in [0.15, 0.2) is 11.5 Å². The number of aryl methyl sites for hydroxylation is 1. The van der Waals surface area contributed by atoms with Crippen molar-refractivity contribution in [2.24, 2.45) is 16.8 Å². The Morgan fingerprint density at radius 2 is 2.43 bits per heavy atom. The highest BCUT2D eigenvalue weighted by molar-refractivity contribution is 5.93. The molecule has 0 saturated carbocycles. The minimum absolute atomic E-state index is 0.0618. The maximum absolute atomic E-state index is 8.39. The number of rotatable bonds is 4. The molecular weight excluding hydrogens is 182 g/mol. The summed E-state index contributed by atoms with van der Waals surface area (Å²) in [5, 5.41) is 15.3. The highest BCUT2D eigenvalue weighted by Gasteiger charge is 2.05. The van der Waals surface area contributed by atoms with Crippen LogP contribution in [0.3, 0.4) is 0 Å². The largest absolute Gasteiger partial charge is 0.409 e. The van der Waals surface area contributed by atoms with E-state index < -0.39 is 0 Å². The molecular formula is C8H15N5O. The van der Waals surface area contributed by atoms with E-state index in [9.17, 15) is 0 Å². The molecule has 0 fully saturated rings. The number of amidine groups is 1. The number of hydrogen-bond acceptors (Lipinski definition) is 4. The minimum Gasteiger partial charge on any atom is -0.409 e. The van der Waals surface area contributed by atoms with Crippen molar-refractivity contribution in [2.45, 2.75) is 26.8 Å². The average Bonchev–Trinajstić information content (AvgIpc) is 2.62. The highest BCUT2D eigenvalue weighted by Crippen LogP contribution is 2.01. The van der Waals surface area contributed by atoms with Crippen molar-refractivity contribution in [2.75, 3.05) is 0 Å².